The monoisotopic (exact) mass is 398 g/mol. The fourth-order valence-corrected chi connectivity index (χ4v) is 4.46. The van der Waals surface area contributed by atoms with Crippen molar-refractivity contribution in [1.29, 1.82) is 0 Å². The number of anilines is 1. The summed E-state index contributed by atoms with van der Waals surface area (Å²) in [5, 5.41) is 0. The summed E-state index contributed by atoms with van der Waals surface area (Å²) in [6.45, 7) is 0.641. The van der Waals surface area contributed by atoms with E-state index in [9.17, 15) is 8.42 Å². The molecule has 122 valence electrons. The Morgan fingerprint density at radius 2 is 2.22 bits per heavy atom. The highest BCUT2D eigenvalue weighted by Crippen LogP contribution is 2.27. The quantitative estimate of drug-likeness (QED) is 0.840. The van der Waals surface area contributed by atoms with Crippen LogP contribution in [0.5, 0.6) is 5.75 Å². The molecule has 3 rings (SSSR count). The predicted octanol–water partition coefficient (Wildman–Crippen LogP) is 1.66. The lowest BCUT2D eigenvalue weighted by Crippen LogP contribution is -2.31. The molecule has 1 fully saturated rings. The summed E-state index contributed by atoms with van der Waals surface area (Å²) in [5.74, 6) is 0.616. The van der Waals surface area contributed by atoms with Crippen LogP contribution in [0.15, 0.2) is 46.2 Å². The Bertz CT molecular complexity index is 801. The van der Waals surface area contributed by atoms with Gasteiger partial charge in [-0.1, -0.05) is 0 Å². The highest BCUT2D eigenvalue weighted by molar-refractivity contribution is 9.10. The first-order valence-electron chi connectivity index (χ1n) is 6.94. The number of hydrogen-bond acceptors (Lipinski definition) is 6. The minimum atomic E-state index is -3.70. The van der Waals surface area contributed by atoms with Gasteiger partial charge in [-0.15, -0.1) is 0 Å². The van der Waals surface area contributed by atoms with Gasteiger partial charge in [-0.05, 0) is 40.5 Å². The third kappa shape index (κ3) is 3.46. The Labute approximate surface area is 142 Å². The average molecular weight is 399 g/mol. The molecule has 2 aromatic rings. The third-order valence-corrected chi connectivity index (χ3v) is 5.84. The second kappa shape index (κ2) is 6.42. The Hall–Kier alpha value is -1.71. The zero-order valence-electron chi connectivity index (χ0n) is 12.1. The van der Waals surface area contributed by atoms with Crippen LogP contribution in [0.25, 0.3) is 0 Å². The molecule has 9 heteroatoms. The summed E-state index contributed by atoms with van der Waals surface area (Å²) < 4.78 is 33.1. The largest absolute Gasteiger partial charge is 0.487 e. The summed E-state index contributed by atoms with van der Waals surface area (Å²) in [6.07, 6.45) is 5.12. The summed E-state index contributed by atoms with van der Waals surface area (Å²) in [6, 6.07) is 5.03. The molecular weight excluding hydrogens is 384 g/mol. The first kappa shape index (κ1) is 16.2. The molecule has 3 heterocycles. The van der Waals surface area contributed by atoms with Gasteiger partial charge in [-0.3, -0.25) is 4.98 Å². The molecule has 1 atom stereocenters. The molecule has 23 heavy (non-hydrogen) atoms. The predicted molar refractivity (Wildman–Crippen MR) is 88.4 cm³/mol. The van der Waals surface area contributed by atoms with E-state index in [-0.39, 0.29) is 23.4 Å². The van der Waals surface area contributed by atoms with Crippen molar-refractivity contribution in [2.45, 2.75) is 17.4 Å². The van der Waals surface area contributed by atoms with Crippen LogP contribution in [0.3, 0.4) is 0 Å². The van der Waals surface area contributed by atoms with Gasteiger partial charge in [0.1, 0.15) is 22.6 Å². The molecule has 0 aliphatic carbocycles. The first-order valence-corrected chi connectivity index (χ1v) is 9.18. The number of nitrogens with two attached hydrogens (primary N) is 1. The Kier molecular flexibility index (Phi) is 4.51. The zero-order valence-corrected chi connectivity index (χ0v) is 14.5. The summed E-state index contributed by atoms with van der Waals surface area (Å²) >= 11 is 3.22. The van der Waals surface area contributed by atoms with Crippen molar-refractivity contribution in [2.75, 3.05) is 18.8 Å². The number of aromatic nitrogens is 2. The molecule has 2 aromatic heterocycles. The molecule has 0 radical (unpaired) electrons. The fourth-order valence-electron chi connectivity index (χ4n) is 2.40. The normalized spacial score (nSPS) is 18.9. The minimum Gasteiger partial charge on any atom is -0.487 e. The average Bonchev–Trinajstić information content (AvgIpc) is 3.00. The minimum absolute atomic E-state index is 0.00824. The molecule has 7 nitrogen and oxygen atoms in total. The highest BCUT2D eigenvalue weighted by Gasteiger charge is 2.35. The first-order chi connectivity index (χ1) is 11.0. The number of hydrogen-bond donors (Lipinski definition) is 1. The Morgan fingerprint density at radius 3 is 2.96 bits per heavy atom. The second-order valence-corrected chi connectivity index (χ2v) is 7.94. The molecule has 1 aliphatic heterocycles. The second-order valence-electron chi connectivity index (χ2n) is 5.12. The molecule has 1 saturated heterocycles. The molecule has 0 saturated carbocycles. The number of nitrogen functional groups attached to an aromatic ring is 1. The Balaban J connectivity index is 1.76. The maximum atomic E-state index is 12.7. The van der Waals surface area contributed by atoms with Crippen molar-refractivity contribution in [3.8, 4) is 5.75 Å². The molecule has 0 spiro atoms. The maximum absolute atomic E-state index is 12.7. The van der Waals surface area contributed by atoms with Crippen LogP contribution in [-0.4, -0.2) is 41.9 Å². The van der Waals surface area contributed by atoms with Gasteiger partial charge < -0.3 is 10.5 Å². The standard InChI is InChI=1S/C14H15BrN4O3S/c15-10-6-13(14(16)18-7-10)23(20,21)19-5-3-12(9-19)22-11-2-1-4-17-8-11/h1-2,4,6-8,12H,3,5,9H2,(H2,16,18)/t12-/m0/s1. The van der Waals surface area contributed by atoms with E-state index in [0.29, 0.717) is 23.2 Å². The molecule has 0 amide bonds. The fraction of sp³-hybridized carbons (Fsp3) is 0.286. The number of nitrogens with zero attached hydrogens (tertiary/aromatic N) is 3. The smallest absolute Gasteiger partial charge is 0.246 e. The van der Waals surface area contributed by atoms with Gasteiger partial charge >= 0.3 is 0 Å². The van der Waals surface area contributed by atoms with Crippen LogP contribution in [0.4, 0.5) is 5.82 Å². The van der Waals surface area contributed by atoms with E-state index in [1.165, 1.54) is 16.6 Å². The van der Waals surface area contributed by atoms with Gasteiger partial charge in [0.25, 0.3) is 0 Å². The Morgan fingerprint density at radius 1 is 1.39 bits per heavy atom. The van der Waals surface area contributed by atoms with Crippen molar-refractivity contribution in [1.82, 2.24) is 14.3 Å². The topological polar surface area (TPSA) is 98.4 Å². The van der Waals surface area contributed by atoms with Crippen molar-refractivity contribution in [2.24, 2.45) is 0 Å². The molecule has 2 N–H and O–H groups in total. The van der Waals surface area contributed by atoms with Gasteiger partial charge in [-0.25, -0.2) is 13.4 Å². The lowest BCUT2D eigenvalue weighted by molar-refractivity contribution is 0.214. The van der Waals surface area contributed by atoms with Crippen molar-refractivity contribution in [3.05, 3.63) is 41.3 Å². The number of pyridine rings is 2. The van der Waals surface area contributed by atoms with E-state index in [1.807, 2.05) is 0 Å². The van der Waals surface area contributed by atoms with Gasteiger partial charge in [-0.2, -0.15) is 4.31 Å². The van der Waals surface area contributed by atoms with Gasteiger partial charge in [0.2, 0.25) is 10.0 Å². The van der Waals surface area contributed by atoms with Crippen molar-refractivity contribution >= 4 is 31.8 Å². The molecule has 1 aliphatic rings. The van der Waals surface area contributed by atoms with Crippen LogP contribution < -0.4 is 10.5 Å². The summed E-state index contributed by atoms with van der Waals surface area (Å²) in [5.41, 5.74) is 5.72. The van der Waals surface area contributed by atoms with E-state index in [4.69, 9.17) is 10.5 Å². The lowest BCUT2D eigenvalue weighted by atomic mass is 10.3. The lowest BCUT2D eigenvalue weighted by Gasteiger charge is -2.18. The van der Waals surface area contributed by atoms with Crippen molar-refractivity contribution in [3.63, 3.8) is 0 Å². The van der Waals surface area contributed by atoms with Gasteiger partial charge in [0.05, 0.1) is 12.7 Å². The zero-order chi connectivity index (χ0) is 16.4. The molecule has 0 unspecified atom stereocenters. The van der Waals surface area contributed by atoms with E-state index in [0.717, 1.165) is 0 Å². The van der Waals surface area contributed by atoms with Gasteiger partial charge in [0.15, 0.2) is 0 Å². The molecular formula is C14H15BrN4O3S. The number of sulfonamides is 1. The number of ether oxygens (including phenoxy) is 1. The van der Waals surface area contributed by atoms with Crippen LogP contribution in [-0.2, 0) is 10.0 Å². The van der Waals surface area contributed by atoms with E-state index >= 15 is 0 Å². The van der Waals surface area contributed by atoms with E-state index in [1.54, 1.807) is 24.5 Å². The summed E-state index contributed by atoms with van der Waals surface area (Å²) in [7, 11) is -3.70. The van der Waals surface area contributed by atoms with Crippen molar-refractivity contribution < 1.29 is 13.2 Å². The number of rotatable bonds is 4. The molecule has 0 bridgehead atoms. The van der Waals surface area contributed by atoms with Crippen LogP contribution in [0.1, 0.15) is 6.42 Å². The van der Waals surface area contributed by atoms with Crippen LogP contribution >= 0.6 is 15.9 Å². The maximum Gasteiger partial charge on any atom is 0.246 e. The van der Waals surface area contributed by atoms with Crippen LogP contribution in [0, 0.1) is 0 Å². The number of halogens is 1. The van der Waals surface area contributed by atoms with Crippen LogP contribution in [0.2, 0.25) is 0 Å². The summed E-state index contributed by atoms with van der Waals surface area (Å²) in [4.78, 5) is 7.87. The van der Waals surface area contributed by atoms with E-state index in [2.05, 4.69) is 25.9 Å². The SMILES string of the molecule is Nc1ncc(Br)cc1S(=O)(=O)N1CC[C@H](Oc2cccnc2)C1. The van der Waals surface area contributed by atoms with Gasteiger partial charge in [0, 0.05) is 23.4 Å². The van der Waals surface area contributed by atoms with E-state index < -0.39 is 10.0 Å². The third-order valence-electron chi connectivity index (χ3n) is 3.51. The highest BCUT2D eigenvalue weighted by atomic mass is 79.9. The molecule has 0 aromatic carbocycles.